The van der Waals surface area contributed by atoms with Crippen molar-refractivity contribution in [3.63, 3.8) is 0 Å². The molecular weight excluding hydrogens is 393 g/mol. The smallest absolute Gasteiger partial charge is 0.132 e. The van der Waals surface area contributed by atoms with Crippen LogP contribution in [0.3, 0.4) is 0 Å². The molecule has 0 amide bonds. The number of hydrogen-bond acceptors (Lipinski definition) is 5. The quantitative estimate of drug-likeness (QED) is 0.350. The Morgan fingerprint density at radius 1 is 1.10 bits per heavy atom. The number of nitrogen functional groups attached to an aromatic ring is 1. The zero-order valence-electron chi connectivity index (χ0n) is 16.5. The van der Waals surface area contributed by atoms with E-state index in [1.807, 2.05) is 30.3 Å². The molecule has 0 saturated carbocycles. The van der Waals surface area contributed by atoms with Crippen LogP contribution in [0.1, 0.15) is 17.0 Å². The van der Waals surface area contributed by atoms with E-state index in [0.29, 0.717) is 34.2 Å². The number of benzene rings is 2. The monoisotopic (exact) mass is 413 g/mol. The molecule has 5 N–H and O–H groups in total. The van der Waals surface area contributed by atoms with E-state index >= 15 is 0 Å². The molecule has 0 fully saturated rings. The second-order valence-electron chi connectivity index (χ2n) is 6.89. The minimum atomic E-state index is -0.345. The lowest BCUT2D eigenvalue weighted by Crippen LogP contribution is -1.95. The fourth-order valence-electron chi connectivity index (χ4n) is 3.16. The van der Waals surface area contributed by atoms with E-state index in [9.17, 15) is 9.50 Å². The zero-order valence-corrected chi connectivity index (χ0v) is 16.5. The fraction of sp³-hybridized carbons (Fsp3) is 0.0417. The summed E-state index contributed by atoms with van der Waals surface area (Å²) in [6, 6.07) is 16.8. The number of nitrogens with one attached hydrogen (secondary N) is 2. The largest absolute Gasteiger partial charge is 0.392 e. The Bertz CT molecular complexity index is 1240. The Morgan fingerprint density at radius 3 is 2.52 bits per heavy atom. The van der Waals surface area contributed by atoms with Crippen LogP contribution in [0.25, 0.3) is 28.6 Å². The topological polar surface area (TPSA) is 112 Å². The maximum atomic E-state index is 13.1. The van der Waals surface area contributed by atoms with E-state index in [0.717, 1.165) is 11.1 Å². The van der Waals surface area contributed by atoms with E-state index in [4.69, 9.17) is 11.1 Å². The maximum Gasteiger partial charge on any atom is 0.132 e. The summed E-state index contributed by atoms with van der Waals surface area (Å²) in [5, 5.41) is 17.5. The van der Waals surface area contributed by atoms with Crippen molar-refractivity contribution in [3.8, 4) is 22.5 Å². The van der Waals surface area contributed by atoms with Gasteiger partial charge in [-0.2, -0.15) is 0 Å². The molecule has 0 saturated heterocycles. The number of rotatable bonds is 6. The molecule has 0 bridgehead atoms. The minimum absolute atomic E-state index is 0.0389. The van der Waals surface area contributed by atoms with E-state index in [1.165, 1.54) is 12.1 Å². The van der Waals surface area contributed by atoms with Gasteiger partial charge in [0.2, 0.25) is 0 Å². The van der Waals surface area contributed by atoms with Gasteiger partial charge in [0.15, 0.2) is 0 Å². The molecule has 0 aliphatic heterocycles. The Labute approximate surface area is 178 Å². The highest BCUT2D eigenvalue weighted by atomic mass is 19.1. The highest BCUT2D eigenvalue weighted by molar-refractivity contribution is 6.08. The highest BCUT2D eigenvalue weighted by Gasteiger charge is 2.16. The third-order valence-electron chi connectivity index (χ3n) is 4.80. The van der Waals surface area contributed by atoms with Crippen molar-refractivity contribution in [3.05, 3.63) is 95.7 Å². The molecule has 154 valence electrons. The molecule has 6 nitrogen and oxygen atoms in total. The predicted molar refractivity (Wildman–Crippen MR) is 120 cm³/mol. The molecule has 0 spiro atoms. The van der Waals surface area contributed by atoms with Crippen LogP contribution in [0.5, 0.6) is 0 Å². The summed E-state index contributed by atoms with van der Waals surface area (Å²) in [4.78, 5) is 12.1. The lowest BCUT2D eigenvalue weighted by atomic mass is 10.0. The standard InChI is InChI=1S/C24H20FN5O/c25-18-9-7-16(8-10-18)20(26)11-12-21-29-22(17-5-3-15(14-31)4-6-17)23(30-21)19-2-1-13-28-24(19)27/h1-13,26,31H,14H2,(H2,27,28)(H,29,30)/b12-11-,26-20?. The van der Waals surface area contributed by atoms with Crippen LogP contribution in [0, 0.1) is 11.2 Å². The number of aliphatic hydroxyl groups excluding tert-OH is 1. The fourth-order valence-corrected chi connectivity index (χ4v) is 3.16. The summed E-state index contributed by atoms with van der Waals surface area (Å²) in [7, 11) is 0. The highest BCUT2D eigenvalue weighted by Crippen LogP contribution is 2.33. The van der Waals surface area contributed by atoms with E-state index in [2.05, 4.69) is 15.0 Å². The predicted octanol–water partition coefficient (Wildman–Crippen LogP) is 4.43. The van der Waals surface area contributed by atoms with Gasteiger partial charge in [-0.05, 0) is 59.7 Å². The van der Waals surface area contributed by atoms with Gasteiger partial charge in [-0.1, -0.05) is 24.3 Å². The van der Waals surface area contributed by atoms with Crippen LogP contribution in [0.2, 0.25) is 0 Å². The Kier molecular flexibility index (Phi) is 5.68. The van der Waals surface area contributed by atoms with Crippen LogP contribution < -0.4 is 5.73 Å². The van der Waals surface area contributed by atoms with Crippen molar-refractivity contribution < 1.29 is 9.50 Å². The van der Waals surface area contributed by atoms with Gasteiger partial charge in [-0.15, -0.1) is 0 Å². The number of nitrogens with two attached hydrogens (primary N) is 1. The first-order chi connectivity index (χ1) is 15.0. The number of nitrogens with zero attached hydrogens (tertiary/aromatic N) is 2. The molecule has 0 atom stereocenters. The summed E-state index contributed by atoms with van der Waals surface area (Å²) in [5.74, 6) is 0.558. The normalized spacial score (nSPS) is 11.2. The van der Waals surface area contributed by atoms with Gasteiger partial charge in [-0.3, -0.25) is 0 Å². The van der Waals surface area contributed by atoms with Crippen molar-refractivity contribution in [2.75, 3.05) is 5.73 Å². The number of imidazole rings is 1. The van der Waals surface area contributed by atoms with Crippen molar-refractivity contribution in [2.24, 2.45) is 0 Å². The SMILES string of the molecule is N=C(/C=C\c1nc(-c2ccc(CO)cc2)c(-c2cccnc2N)[nH]1)c1ccc(F)cc1. The summed E-state index contributed by atoms with van der Waals surface area (Å²) >= 11 is 0. The number of anilines is 1. The molecule has 0 aliphatic carbocycles. The first kappa shape index (κ1) is 20.2. The van der Waals surface area contributed by atoms with Crippen molar-refractivity contribution in [1.82, 2.24) is 15.0 Å². The summed E-state index contributed by atoms with van der Waals surface area (Å²) in [6.45, 7) is -0.0389. The third kappa shape index (κ3) is 4.41. The van der Waals surface area contributed by atoms with Gasteiger partial charge in [0.05, 0.1) is 23.7 Å². The van der Waals surface area contributed by atoms with Crippen LogP contribution in [0.4, 0.5) is 10.2 Å². The second-order valence-corrected chi connectivity index (χ2v) is 6.89. The number of aromatic nitrogens is 3. The number of pyridine rings is 1. The Balaban J connectivity index is 1.73. The Morgan fingerprint density at radius 2 is 1.84 bits per heavy atom. The van der Waals surface area contributed by atoms with Crippen molar-refractivity contribution in [1.29, 1.82) is 5.41 Å². The molecule has 4 aromatic rings. The minimum Gasteiger partial charge on any atom is -0.392 e. The summed E-state index contributed by atoms with van der Waals surface area (Å²) in [6.07, 6.45) is 4.91. The molecule has 0 radical (unpaired) electrons. The maximum absolute atomic E-state index is 13.1. The lowest BCUT2D eigenvalue weighted by Gasteiger charge is -2.06. The van der Waals surface area contributed by atoms with Crippen LogP contribution >= 0.6 is 0 Å². The average Bonchev–Trinajstić information content (AvgIpc) is 3.22. The third-order valence-corrected chi connectivity index (χ3v) is 4.80. The number of aliphatic hydroxyl groups is 1. The van der Waals surface area contributed by atoms with Crippen LogP contribution in [-0.4, -0.2) is 25.8 Å². The molecule has 7 heteroatoms. The average molecular weight is 413 g/mol. The van der Waals surface area contributed by atoms with E-state index < -0.39 is 0 Å². The first-order valence-corrected chi connectivity index (χ1v) is 9.59. The molecular formula is C24H20FN5O. The van der Waals surface area contributed by atoms with Crippen LogP contribution in [0.15, 0.2) is 72.9 Å². The second kappa shape index (κ2) is 8.73. The molecule has 31 heavy (non-hydrogen) atoms. The summed E-state index contributed by atoms with van der Waals surface area (Å²) < 4.78 is 13.1. The number of halogens is 1. The molecule has 4 rings (SSSR count). The molecule has 2 aromatic carbocycles. The lowest BCUT2D eigenvalue weighted by molar-refractivity contribution is 0.282. The van der Waals surface area contributed by atoms with Crippen molar-refractivity contribution >= 4 is 17.6 Å². The molecule has 0 aliphatic rings. The van der Waals surface area contributed by atoms with Gasteiger partial charge in [0.25, 0.3) is 0 Å². The van der Waals surface area contributed by atoms with Gasteiger partial charge in [0, 0.05) is 17.3 Å². The van der Waals surface area contributed by atoms with E-state index in [1.54, 1.807) is 36.5 Å². The van der Waals surface area contributed by atoms with Gasteiger partial charge in [0.1, 0.15) is 17.5 Å². The zero-order chi connectivity index (χ0) is 21.8. The van der Waals surface area contributed by atoms with Gasteiger partial charge in [-0.25, -0.2) is 14.4 Å². The number of allylic oxidation sites excluding steroid dienone is 1. The van der Waals surface area contributed by atoms with Gasteiger partial charge >= 0.3 is 0 Å². The Hall–Kier alpha value is -4.10. The van der Waals surface area contributed by atoms with Gasteiger partial charge < -0.3 is 21.2 Å². The molecule has 2 aromatic heterocycles. The molecule has 2 heterocycles. The number of H-pyrrole nitrogens is 1. The number of hydrogen-bond donors (Lipinski definition) is 4. The number of aromatic amines is 1. The summed E-state index contributed by atoms with van der Waals surface area (Å²) in [5.41, 5.74) is 10.7. The van der Waals surface area contributed by atoms with Crippen molar-refractivity contribution in [2.45, 2.75) is 6.61 Å². The van der Waals surface area contributed by atoms with Crippen LogP contribution in [-0.2, 0) is 6.61 Å². The van der Waals surface area contributed by atoms with E-state index in [-0.39, 0.29) is 18.1 Å². The first-order valence-electron chi connectivity index (χ1n) is 9.59. The molecule has 0 unspecified atom stereocenters.